The average molecular weight is 408 g/mol. The van der Waals surface area contributed by atoms with Gasteiger partial charge in [0.1, 0.15) is 11.4 Å². The van der Waals surface area contributed by atoms with E-state index in [0.717, 1.165) is 28.4 Å². The highest BCUT2D eigenvalue weighted by molar-refractivity contribution is 7.15. The predicted octanol–water partition coefficient (Wildman–Crippen LogP) is 0.0922. The first kappa shape index (κ1) is 14.3. The maximum Gasteiger partial charge on any atom is 0.330 e. The van der Waals surface area contributed by atoms with E-state index in [2.05, 4.69) is 23.2 Å². The van der Waals surface area contributed by atoms with Gasteiger partial charge in [-0.3, -0.25) is 5.73 Å². The Morgan fingerprint density at radius 1 is 1.10 bits per heavy atom. The molecule has 1 aliphatic rings. The Balaban J connectivity index is 0.00000132. The van der Waals surface area contributed by atoms with Crippen LogP contribution in [0.1, 0.15) is 10.4 Å². The highest BCUT2D eigenvalue weighted by Crippen LogP contribution is 2.39. The number of aromatic hydroxyl groups is 1. The van der Waals surface area contributed by atoms with Crippen molar-refractivity contribution in [3.8, 4) is 28.1 Å². The predicted molar refractivity (Wildman–Crippen MR) is 80.6 cm³/mol. The number of anilines is 1. The summed E-state index contributed by atoms with van der Waals surface area (Å²) in [7, 11) is 0. The van der Waals surface area contributed by atoms with Crippen LogP contribution < -0.4 is 34.7 Å². The Labute approximate surface area is 143 Å². The second-order valence-corrected chi connectivity index (χ2v) is 6.13. The number of nitrogen functional groups attached to an aromatic ring is 1. The Morgan fingerprint density at radius 2 is 1.90 bits per heavy atom. The standard InChI is InChI=1S/C16H12N2OS.HI/c17-16-18-15-13-5-4-10(6-11(13)8-14(15)20-16)9-2-1-3-12(19)7-9;/h1-7,19H,8H2,(H2,17,18);1H. The van der Waals surface area contributed by atoms with Gasteiger partial charge in [-0.05, 0) is 34.9 Å². The highest BCUT2D eigenvalue weighted by Gasteiger charge is 2.25. The first-order chi connectivity index (χ1) is 9.70. The van der Waals surface area contributed by atoms with Crippen LogP contribution in [0.5, 0.6) is 5.75 Å². The SMILES string of the molecule is Nc1[nH+]c2c(s1)Cc1cc(-c3cccc(O)c3)ccc1-2.[I-]. The number of rotatable bonds is 1. The summed E-state index contributed by atoms with van der Waals surface area (Å²) in [5, 5.41) is 10.4. The van der Waals surface area contributed by atoms with E-state index in [1.807, 2.05) is 12.1 Å². The van der Waals surface area contributed by atoms with E-state index < -0.39 is 0 Å². The first-order valence-corrected chi connectivity index (χ1v) is 7.25. The van der Waals surface area contributed by atoms with Gasteiger partial charge in [-0.25, -0.2) is 4.98 Å². The molecule has 0 saturated heterocycles. The first-order valence-electron chi connectivity index (χ1n) is 6.44. The molecule has 0 aliphatic heterocycles. The van der Waals surface area contributed by atoms with E-state index >= 15 is 0 Å². The Bertz CT molecular complexity index is 829. The minimum atomic E-state index is 0. The monoisotopic (exact) mass is 408 g/mol. The van der Waals surface area contributed by atoms with E-state index in [-0.39, 0.29) is 24.0 Å². The van der Waals surface area contributed by atoms with E-state index in [1.54, 1.807) is 23.5 Å². The fourth-order valence-electron chi connectivity index (χ4n) is 2.77. The summed E-state index contributed by atoms with van der Waals surface area (Å²) in [5.74, 6) is 0.295. The van der Waals surface area contributed by atoms with E-state index in [0.29, 0.717) is 5.75 Å². The van der Waals surface area contributed by atoms with Crippen LogP contribution in [0.4, 0.5) is 5.13 Å². The van der Waals surface area contributed by atoms with Crippen molar-refractivity contribution < 1.29 is 34.1 Å². The average Bonchev–Trinajstić information content (AvgIpc) is 2.93. The smallest absolute Gasteiger partial charge is 0.330 e. The number of H-pyrrole nitrogens is 1. The maximum atomic E-state index is 9.59. The maximum absolute atomic E-state index is 9.59. The van der Waals surface area contributed by atoms with Crippen molar-refractivity contribution in [2.75, 3.05) is 5.73 Å². The molecule has 0 radical (unpaired) electrons. The molecule has 0 bridgehead atoms. The third kappa shape index (κ3) is 2.40. The topological polar surface area (TPSA) is 60.4 Å². The molecule has 0 amide bonds. The molecule has 3 aromatic rings. The van der Waals surface area contributed by atoms with Gasteiger partial charge < -0.3 is 29.1 Å². The van der Waals surface area contributed by atoms with Crippen LogP contribution in [-0.4, -0.2) is 5.11 Å². The summed E-state index contributed by atoms with van der Waals surface area (Å²) in [6, 6.07) is 13.8. The van der Waals surface area contributed by atoms with Gasteiger partial charge in [-0.15, -0.1) is 0 Å². The van der Waals surface area contributed by atoms with E-state index in [9.17, 15) is 5.11 Å². The van der Waals surface area contributed by atoms with Crippen molar-refractivity contribution in [1.29, 1.82) is 0 Å². The number of thiazole rings is 1. The number of benzene rings is 2. The molecule has 0 fully saturated rings. The van der Waals surface area contributed by atoms with Crippen molar-refractivity contribution in [2.24, 2.45) is 0 Å². The number of hydrogen-bond acceptors (Lipinski definition) is 3. The molecular formula is C16H13IN2OS. The summed E-state index contributed by atoms with van der Waals surface area (Å²) >= 11 is 1.62. The summed E-state index contributed by atoms with van der Waals surface area (Å²) in [4.78, 5) is 4.53. The molecule has 0 saturated carbocycles. The lowest BCUT2D eigenvalue weighted by Gasteiger charge is -2.05. The second kappa shape index (κ2) is 5.31. The minimum Gasteiger partial charge on any atom is -1.00 e. The van der Waals surface area contributed by atoms with Crippen molar-refractivity contribution >= 4 is 16.5 Å². The summed E-state index contributed by atoms with van der Waals surface area (Å²) in [5.41, 5.74) is 11.7. The molecule has 5 heteroatoms. The molecule has 1 aromatic heterocycles. The summed E-state index contributed by atoms with van der Waals surface area (Å²) in [6.45, 7) is 0. The van der Waals surface area contributed by atoms with Gasteiger partial charge in [0, 0.05) is 12.0 Å². The van der Waals surface area contributed by atoms with E-state index in [4.69, 9.17) is 5.73 Å². The van der Waals surface area contributed by atoms with Gasteiger partial charge in [0.2, 0.25) is 0 Å². The van der Waals surface area contributed by atoms with Crippen LogP contribution >= 0.6 is 11.3 Å². The molecule has 0 unspecified atom stereocenters. The van der Waals surface area contributed by atoms with Crippen molar-refractivity contribution in [1.82, 2.24) is 0 Å². The fourth-order valence-corrected chi connectivity index (χ4v) is 3.68. The molecule has 2 aromatic carbocycles. The van der Waals surface area contributed by atoms with Crippen LogP contribution in [0, 0.1) is 0 Å². The number of fused-ring (bicyclic) bond motifs is 3. The van der Waals surface area contributed by atoms with Crippen LogP contribution in [0.25, 0.3) is 22.4 Å². The van der Waals surface area contributed by atoms with Gasteiger partial charge in [0.05, 0.1) is 4.88 Å². The summed E-state index contributed by atoms with van der Waals surface area (Å²) in [6.07, 6.45) is 0.926. The molecule has 4 N–H and O–H groups in total. The number of phenolic OH excluding ortho intramolecular Hbond substituents is 1. The van der Waals surface area contributed by atoms with E-state index in [1.165, 1.54) is 16.0 Å². The molecule has 1 aliphatic carbocycles. The zero-order chi connectivity index (χ0) is 13.7. The minimum absolute atomic E-state index is 0. The Morgan fingerprint density at radius 3 is 2.71 bits per heavy atom. The van der Waals surface area contributed by atoms with Crippen molar-refractivity contribution in [3.63, 3.8) is 0 Å². The molecule has 21 heavy (non-hydrogen) atoms. The molecule has 4 rings (SSSR count). The Kier molecular flexibility index (Phi) is 3.62. The number of aromatic amines is 1. The Hall–Kier alpha value is -1.60. The normalized spacial score (nSPS) is 11.6. The number of halogens is 1. The zero-order valence-electron chi connectivity index (χ0n) is 11.1. The van der Waals surface area contributed by atoms with Gasteiger partial charge in [0.25, 0.3) is 0 Å². The third-order valence-electron chi connectivity index (χ3n) is 3.67. The molecule has 0 spiro atoms. The highest BCUT2D eigenvalue weighted by atomic mass is 127. The lowest BCUT2D eigenvalue weighted by Crippen LogP contribution is -3.00. The number of hydrogen-bond donors (Lipinski definition) is 2. The second-order valence-electron chi connectivity index (χ2n) is 4.99. The van der Waals surface area contributed by atoms with Crippen molar-refractivity contribution in [3.05, 3.63) is 52.9 Å². The van der Waals surface area contributed by atoms with Crippen LogP contribution in [-0.2, 0) is 6.42 Å². The lowest BCUT2D eigenvalue weighted by molar-refractivity contribution is -0.340. The number of phenols is 1. The number of nitrogens with two attached hydrogens (primary N) is 1. The lowest BCUT2D eigenvalue weighted by atomic mass is 10.00. The van der Waals surface area contributed by atoms with Crippen LogP contribution in [0.15, 0.2) is 42.5 Å². The molecule has 3 nitrogen and oxygen atoms in total. The van der Waals surface area contributed by atoms with Gasteiger partial charge in [0.15, 0.2) is 0 Å². The number of nitrogens with one attached hydrogen (secondary N) is 1. The molecule has 106 valence electrons. The zero-order valence-corrected chi connectivity index (χ0v) is 14.0. The van der Waals surface area contributed by atoms with Crippen LogP contribution in [0.3, 0.4) is 0 Å². The van der Waals surface area contributed by atoms with Gasteiger partial charge >= 0.3 is 5.13 Å². The largest absolute Gasteiger partial charge is 1.00 e. The summed E-state index contributed by atoms with van der Waals surface area (Å²) < 4.78 is 0. The molecular weight excluding hydrogens is 395 g/mol. The third-order valence-corrected chi connectivity index (χ3v) is 4.58. The van der Waals surface area contributed by atoms with Gasteiger partial charge in [-0.1, -0.05) is 35.6 Å². The molecule has 1 heterocycles. The van der Waals surface area contributed by atoms with Crippen molar-refractivity contribution in [2.45, 2.75) is 6.42 Å². The number of aromatic nitrogens is 1. The quantitative estimate of drug-likeness (QED) is 0.439. The fraction of sp³-hybridized carbons (Fsp3) is 0.0625. The van der Waals surface area contributed by atoms with Gasteiger partial charge in [-0.2, -0.15) is 0 Å². The van der Waals surface area contributed by atoms with Crippen LogP contribution in [0.2, 0.25) is 0 Å². The molecule has 0 atom stereocenters.